The summed E-state index contributed by atoms with van der Waals surface area (Å²) in [5.41, 5.74) is 0.430. The summed E-state index contributed by atoms with van der Waals surface area (Å²) in [4.78, 5) is 14.3. The SMILES string of the molecule is CC1(C)CC1n1cnc(C(=O)O)c1. The molecular formula is C9H12N2O2. The van der Waals surface area contributed by atoms with Gasteiger partial charge < -0.3 is 9.67 Å². The van der Waals surface area contributed by atoms with Gasteiger partial charge in [0.2, 0.25) is 0 Å². The molecule has 1 heterocycles. The van der Waals surface area contributed by atoms with Crippen LogP contribution in [0.2, 0.25) is 0 Å². The van der Waals surface area contributed by atoms with Gasteiger partial charge in [-0.2, -0.15) is 0 Å². The Bertz CT molecular complexity index is 354. The van der Waals surface area contributed by atoms with E-state index in [1.54, 1.807) is 12.5 Å². The third kappa shape index (κ3) is 1.32. The largest absolute Gasteiger partial charge is 0.476 e. The molecule has 1 unspecified atom stereocenters. The molecule has 0 bridgehead atoms. The quantitative estimate of drug-likeness (QED) is 0.751. The molecule has 1 N–H and O–H groups in total. The van der Waals surface area contributed by atoms with E-state index in [0.717, 1.165) is 6.42 Å². The normalized spacial score (nSPS) is 24.3. The first-order valence-electron chi connectivity index (χ1n) is 4.27. The van der Waals surface area contributed by atoms with Crippen molar-refractivity contribution < 1.29 is 9.90 Å². The van der Waals surface area contributed by atoms with Crippen molar-refractivity contribution in [3.05, 3.63) is 18.2 Å². The van der Waals surface area contributed by atoms with Crippen LogP contribution in [0.15, 0.2) is 12.5 Å². The van der Waals surface area contributed by atoms with Gasteiger partial charge in [0.1, 0.15) is 0 Å². The maximum Gasteiger partial charge on any atom is 0.356 e. The maximum atomic E-state index is 10.5. The fourth-order valence-corrected chi connectivity index (χ4v) is 1.57. The number of aromatic carboxylic acids is 1. The van der Waals surface area contributed by atoms with Crippen molar-refractivity contribution in [2.75, 3.05) is 0 Å². The minimum atomic E-state index is -0.961. The molecule has 0 amide bonds. The van der Waals surface area contributed by atoms with E-state index in [0.29, 0.717) is 11.5 Å². The highest BCUT2D eigenvalue weighted by Gasteiger charge is 2.47. The first-order valence-corrected chi connectivity index (χ1v) is 4.27. The molecule has 0 aliphatic heterocycles. The molecule has 1 fully saturated rings. The van der Waals surface area contributed by atoms with Crippen molar-refractivity contribution in [3.63, 3.8) is 0 Å². The van der Waals surface area contributed by atoms with Gasteiger partial charge in [-0.25, -0.2) is 9.78 Å². The van der Waals surface area contributed by atoms with Crippen LogP contribution in [0, 0.1) is 5.41 Å². The summed E-state index contributed by atoms with van der Waals surface area (Å²) in [5, 5.41) is 8.65. The molecule has 1 atom stereocenters. The van der Waals surface area contributed by atoms with Crippen molar-refractivity contribution in [3.8, 4) is 0 Å². The van der Waals surface area contributed by atoms with E-state index in [-0.39, 0.29) is 5.69 Å². The second kappa shape index (κ2) is 2.34. The van der Waals surface area contributed by atoms with E-state index in [2.05, 4.69) is 18.8 Å². The van der Waals surface area contributed by atoms with Gasteiger partial charge in [-0.15, -0.1) is 0 Å². The lowest BCUT2D eigenvalue weighted by atomic mass is 10.2. The third-order valence-corrected chi connectivity index (χ3v) is 2.64. The molecule has 4 nitrogen and oxygen atoms in total. The fraction of sp³-hybridized carbons (Fsp3) is 0.556. The third-order valence-electron chi connectivity index (χ3n) is 2.64. The number of hydrogen-bond acceptors (Lipinski definition) is 2. The second-order valence-corrected chi connectivity index (χ2v) is 4.22. The molecule has 1 aliphatic carbocycles. The monoisotopic (exact) mass is 180 g/mol. The van der Waals surface area contributed by atoms with E-state index < -0.39 is 5.97 Å². The van der Waals surface area contributed by atoms with Crippen molar-refractivity contribution in [2.45, 2.75) is 26.3 Å². The number of hydrogen-bond donors (Lipinski definition) is 1. The van der Waals surface area contributed by atoms with E-state index in [4.69, 9.17) is 5.11 Å². The Morgan fingerprint density at radius 2 is 2.38 bits per heavy atom. The molecule has 1 aromatic rings. The van der Waals surface area contributed by atoms with Crippen LogP contribution in [0.5, 0.6) is 0 Å². The van der Waals surface area contributed by atoms with Crippen LogP contribution in [0.3, 0.4) is 0 Å². The Balaban J connectivity index is 2.20. The first kappa shape index (κ1) is 8.29. The summed E-state index contributed by atoms with van der Waals surface area (Å²) in [6.45, 7) is 4.33. The van der Waals surface area contributed by atoms with Gasteiger partial charge >= 0.3 is 5.97 Å². The van der Waals surface area contributed by atoms with E-state index in [1.807, 2.05) is 4.57 Å². The van der Waals surface area contributed by atoms with Gasteiger partial charge in [-0.05, 0) is 11.8 Å². The van der Waals surface area contributed by atoms with Crippen molar-refractivity contribution in [1.82, 2.24) is 9.55 Å². The molecule has 70 valence electrons. The highest BCUT2D eigenvalue weighted by Crippen LogP contribution is 2.55. The van der Waals surface area contributed by atoms with E-state index in [9.17, 15) is 4.79 Å². The summed E-state index contributed by atoms with van der Waals surface area (Å²) in [5.74, 6) is -0.961. The van der Waals surface area contributed by atoms with Crippen LogP contribution in [-0.2, 0) is 0 Å². The number of carboxylic acids is 1. The van der Waals surface area contributed by atoms with Gasteiger partial charge in [0.25, 0.3) is 0 Å². The lowest BCUT2D eigenvalue weighted by molar-refractivity contribution is 0.0691. The molecule has 0 aromatic carbocycles. The van der Waals surface area contributed by atoms with Gasteiger partial charge in [-0.1, -0.05) is 13.8 Å². The van der Waals surface area contributed by atoms with Crippen LogP contribution in [0.1, 0.15) is 36.8 Å². The second-order valence-electron chi connectivity index (χ2n) is 4.22. The Morgan fingerprint density at radius 1 is 1.77 bits per heavy atom. The van der Waals surface area contributed by atoms with Gasteiger partial charge in [0.05, 0.1) is 6.33 Å². The molecule has 1 aliphatic rings. The number of nitrogens with zero attached hydrogens (tertiary/aromatic N) is 2. The number of rotatable bonds is 2. The van der Waals surface area contributed by atoms with Crippen molar-refractivity contribution in [1.29, 1.82) is 0 Å². The summed E-state index contributed by atoms with van der Waals surface area (Å²) in [6, 6.07) is 0.424. The molecule has 1 aromatic heterocycles. The molecule has 4 heteroatoms. The lowest BCUT2D eigenvalue weighted by Gasteiger charge is -2.02. The molecule has 0 spiro atoms. The summed E-state index contributed by atoms with van der Waals surface area (Å²) in [6.07, 6.45) is 4.30. The van der Waals surface area contributed by atoms with Gasteiger partial charge in [0, 0.05) is 12.2 Å². The zero-order valence-electron chi connectivity index (χ0n) is 7.69. The Kier molecular flexibility index (Phi) is 1.49. The van der Waals surface area contributed by atoms with Crippen LogP contribution in [-0.4, -0.2) is 20.6 Å². The maximum absolute atomic E-state index is 10.5. The standard InChI is InChI=1S/C9H12N2O2/c1-9(2)3-7(9)11-4-6(8(12)13)10-5-11/h4-5,7H,3H2,1-2H3,(H,12,13). The number of imidazole rings is 1. The van der Waals surface area contributed by atoms with Crippen LogP contribution < -0.4 is 0 Å². The van der Waals surface area contributed by atoms with Crippen molar-refractivity contribution >= 4 is 5.97 Å². The van der Waals surface area contributed by atoms with Gasteiger partial charge in [0.15, 0.2) is 5.69 Å². The highest BCUT2D eigenvalue weighted by atomic mass is 16.4. The predicted octanol–water partition coefficient (Wildman–Crippen LogP) is 1.55. The Morgan fingerprint density at radius 3 is 2.77 bits per heavy atom. The van der Waals surface area contributed by atoms with Crippen LogP contribution in [0.4, 0.5) is 0 Å². The molecule has 2 rings (SSSR count). The van der Waals surface area contributed by atoms with Gasteiger partial charge in [-0.3, -0.25) is 0 Å². The van der Waals surface area contributed by atoms with Crippen molar-refractivity contribution in [2.24, 2.45) is 5.41 Å². The van der Waals surface area contributed by atoms with E-state index >= 15 is 0 Å². The average molecular weight is 180 g/mol. The van der Waals surface area contributed by atoms with Crippen LogP contribution in [0.25, 0.3) is 0 Å². The Hall–Kier alpha value is -1.32. The number of aromatic nitrogens is 2. The van der Waals surface area contributed by atoms with E-state index in [1.165, 1.54) is 0 Å². The number of carboxylic acid groups (broad SMARTS) is 1. The zero-order valence-corrected chi connectivity index (χ0v) is 7.69. The smallest absolute Gasteiger partial charge is 0.356 e. The zero-order chi connectivity index (χ0) is 9.64. The topological polar surface area (TPSA) is 55.1 Å². The summed E-state index contributed by atoms with van der Waals surface area (Å²) in [7, 11) is 0. The molecule has 13 heavy (non-hydrogen) atoms. The minimum Gasteiger partial charge on any atom is -0.476 e. The summed E-state index contributed by atoms with van der Waals surface area (Å²) >= 11 is 0. The molecule has 0 saturated heterocycles. The lowest BCUT2D eigenvalue weighted by Crippen LogP contribution is -1.98. The molecular weight excluding hydrogens is 168 g/mol. The average Bonchev–Trinajstić information content (AvgIpc) is 2.50. The minimum absolute atomic E-state index is 0.128. The van der Waals surface area contributed by atoms with Crippen LogP contribution >= 0.6 is 0 Å². The fourth-order valence-electron chi connectivity index (χ4n) is 1.57. The highest BCUT2D eigenvalue weighted by molar-refractivity contribution is 5.84. The molecule has 0 radical (unpaired) electrons. The molecule has 1 saturated carbocycles. The Labute approximate surface area is 76.2 Å². The summed E-state index contributed by atoms with van der Waals surface area (Å²) < 4.78 is 1.89. The first-order chi connectivity index (χ1) is 6.00. The predicted molar refractivity (Wildman–Crippen MR) is 46.6 cm³/mol. The number of carbonyl (C=O) groups is 1.